The van der Waals surface area contributed by atoms with Crippen LogP contribution in [0.2, 0.25) is 0 Å². The minimum absolute atomic E-state index is 0.0172. The molecule has 3 rings (SSSR count). The summed E-state index contributed by atoms with van der Waals surface area (Å²) in [6.07, 6.45) is 0.673. The molecule has 1 heterocycles. The molecule has 2 aromatic carbocycles. The molecule has 1 atom stereocenters. The molecule has 0 bridgehead atoms. The number of ether oxygens (including phenoxy) is 1. The van der Waals surface area contributed by atoms with Crippen molar-refractivity contribution < 1.29 is 13.9 Å². The number of para-hydroxylation sites is 1. The summed E-state index contributed by atoms with van der Waals surface area (Å²) in [5, 5.41) is 0. The Kier molecular flexibility index (Phi) is 4.09. The lowest BCUT2D eigenvalue weighted by molar-refractivity contribution is -0.123. The van der Waals surface area contributed by atoms with Crippen LogP contribution in [0.1, 0.15) is 12.5 Å². The number of benzene rings is 2. The van der Waals surface area contributed by atoms with Crippen LogP contribution in [-0.4, -0.2) is 19.1 Å². The second-order valence-electron chi connectivity index (χ2n) is 5.38. The Morgan fingerprint density at radius 3 is 2.68 bits per heavy atom. The zero-order chi connectivity index (χ0) is 15.5. The predicted molar refractivity (Wildman–Crippen MR) is 83.6 cm³/mol. The molecular formula is C18H18FNO2. The summed E-state index contributed by atoms with van der Waals surface area (Å²) < 4.78 is 18.8. The molecule has 0 aliphatic carbocycles. The first-order chi connectivity index (χ1) is 10.7. The second-order valence-corrected chi connectivity index (χ2v) is 5.38. The van der Waals surface area contributed by atoms with Crippen molar-refractivity contribution in [2.24, 2.45) is 5.92 Å². The molecule has 2 aromatic rings. The molecule has 0 saturated heterocycles. The standard InChI is InChI=1S/C18H18FNO2/c1-2-20(16-9-7-15(19)8-10-16)18(21)14-11-13-5-3-4-6-17(13)22-12-14/h3-10,14H,2,11-12H2,1H3. The van der Waals surface area contributed by atoms with Gasteiger partial charge in [-0.15, -0.1) is 0 Å². The van der Waals surface area contributed by atoms with Crippen LogP contribution in [0, 0.1) is 11.7 Å². The lowest BCUT2D eigenvalue weighted by atomic mass is 9.95. The van der Waals surface area contributed by atoms with Gasteiger partial charge in [-0.05, 0) is 49.2 Å². The zero-order valence-corrected chi connectivity index (χ0v) is 12.5. The number of carbonyl (C=O) groups is 1. The molecule has 3 nitrogen and oxygen atoms in total. The highest BCUT2D eigenvalue weighted by Gasteiger charge is 2.29. The molecule has 114 valence electrons. The number of amides is 1. The first-order valence-electron chi connectivity index (χ1n) is 7.46. The summed E-state index contributed by atoms with van der Waals surface area (Å²) in [5.41, 5.74) is 1.77. The van der Waals surface area contributed by atoms with E-state index in [9.17, 15) is 9.18 Å². The van der Waals surface area contributed by atoms with Gasteiger partial charge >= 0.3 is 0 Å². The second kappa shape index (κ2) is 6.18. The van der Waals surface area contributed by atoms with Gasteiger partial charge in [-0.25, -0.2) is 4.39 Å². The van der Waals surface area contributed by atoms with Crippen LogP contribution in [0.4, 0.5) is 10.1 Å². The van der Waals surface area contributed by atoms with E-state index in [-0.39, 0.29) is 17.6 Å². The van der Waals surface area contributed by atoms with Gasteiger partial charge in [0.25, 0.3) is 0 Å². The van der Waals surface area contributed by atoms with E-state index >= 15 is 0 Å². The molecule has 4 heteroatoms. The van der Waals surface area contributed by atoms with Gasteiger partial charge in [0, 0.05) is 12.2 Å². The summed E-state index contributed by atoms with van der Waals surface area (Å²) >= 11 is 0. The van der Waals surface area contributed by atoms with Crippen molar-refractivity contribution in [3.05, 3.63) is 59.9 Å². The van der Waals surface area contributed by atoms with Crippen LogP contribution >= 0.6 is 0 Å². The molecule has 0 N–H and O–H groups in total. The van der Waals surface area contributed by atoms with Crippen LogP contribution < -0.4 is 9.64 Å². The number of fused-ring (bicyclic) bond motifs is 1. The Hall–Kier alpha value is -2.36. The topological polar surface area (TPSA) is 29.5 Å². The van der Waals surface area contributed by atoms with Crippen LogP contribution in [-0.2, 0) is 11.2 Å². The van der Waals surface area contributed by atoms with Gasteiger partial charge in [-0.1, -0.05) is 18.2 Å². The normalized spacial score (nSPS) is 16.5. The fourth-order valence-corrected chi connectivity index (χ4v) is 2.79. The number of nitrogens with zero attached hydrogens (tertiary/aromatic N) is 1. The van der Waals surface area contributed by atoms with E-state index in [0.29, 0.717) is 25.3 Å². The number of halogens is 1. The summed E-state index contributed by atoms with van der Waals surface area (Å²) in [5.74, 6) is 0.363. The molecule has 22 heavy (non-hydrogen) atoms. The molecule has 1 amide bonds. The number of carbonyl (C=O) groups excluding carboxylic acids is 1. The number of anilines is 1. The summed E-state index contributed by atoms with van der Waals surface area (Å²) in [6, 6.07) is 13.8. The molecule has 0 saturated carbocycles. The van der Waals surface area contributed by atoms with Gasteiger partial charge in [0.2, 0.25) is 5.91 Å². The van der Waals surface area contributed by atoms with Crippen molar-refractivity contribution in [1.82, 2.24) is 0 Å². The van der Waals surface area contributed by atoms with Gasteiger partial charge < -0.3 is 9.64 Å². The van der Waals surface area contributed by atoms with Crippen LogP contribution in [0.25, 0.3) is 0 Å². The Morgan fingerprint density at radius 2 is 1.95 bits per heavy atom. The minimum atomic E-state index is -0.304. The van der Waals surface area contributed by atoms with E-state index in [0.717, 1.165) is 11.3 Å². The number of hydrogen-bond acceptors (Lipinski definition) is 2. The Morgan fingerprint density at radius 1 is 1.23 bits per heavy atom. The molecule has 1 unspecified atom stereocenters. The maximum Gasteiger partial charge on any atom is 0.233 e. The van der Waals surface area contributed by atoms with Crippen molar-refractivity contribution in [2.45, 2.75) is 13.3 Å². The average molecular weight is 299 g/mol. The Balaban J connectivity index is 1.79. The molecule has 0 radical (unpaired) electrons. The molecule has 0 spiro atoms. The van der Waals surface area contributed by atoms with Crippen LogP contribution in [0.15, 0.2) is 48.5 Å². The third-order valence-corrected chi connectivity index (χ3v) is 3.95. The highest BCUT2D eigenvalue weighted by molar-refractivity contribution is 5.95. The van der Waals surface area contributed by atoms with Crippen molar-refractivity contribution >= 4 is 11.6 Å². The van der Waals surface area contributed by atoms with Crippen molar-refractivity contribution in [3.8, 4) is 5.75 Å². The van der Waals surface area contributed by atoms with Crippen molar-refractivity contribution in [1.29, 1.82) is 0 Å². The van der Waals surface area contributed by atoms with Crippen molar-refractivity contribution in [2.75, 3.05) is 18.1 Å². The quantitative estimate of drug-likeness (QED) is 0.869. The number of hydrogen-bond donors (Lipinski definition) is 0. The highest BCUT2D eigenvalue weighted by atomic mass is 19.1. The third kappa shape index (κ3) is 2.82. The maximum atomic E-state index is 13.1. The molecule has 1 aliphatic rings. The molecule has 0 fully saturated rings. The van der Waals surface area contributed by atoms with Crippen LogP contribution in [0.5, 0.6) is 5.75 Å². The van der Waals surface area contributed by atoms with E-state index in [2.05, 4.69) is 0 Å². The summed E-state index contributed by atoms with van der Waals surface area (Å²) in [6.45, 7) is 2.84. The van der Waals surface area contributed by atoms with Gasteiger partial charge in [-0.2, -0.15) is 0 Å². The monoisotopic (exact) mass is 299 g/mol. The average Bonchev–Trinajstić information content (AvgIpc) is 2.56. The predicted octanol–water partition coefficient (Wildman–Crippen LogP) is 3.43. The van der Waals surface area contributed by atoms with Crippen molar-refractivity contribution in [3.63, 3.8) is 0 Å². The lowest BCUT2D eigenvalue weighted by Crippen LogP contribution is -2.40. The fraction of sp³-hybridized carbons (Fsp3) is 0.278. The van der Waals surface area contributed by atoms with E-state index in [1.807, 2.05) is 31.2 Å². The van der Waals surface area contributed by atoms with Gasteiger partial charge in [0.15, 0.2) is 0 Å². The maximum absolute atomic E-state index is 13.1. The third-order valence-electron chi connectivity index (χ3n) is 3.95. The largest absolute Gasteiger partial charge is 0.492 e. The van der Waals surface area contributed by atoms with E-state index in [1.165, 1.54) is 12.1 Å². The zero-order valence-electron chi connectivity index (χ0n) is 12.5. The van der Waals surface area contributed by atoms with Gasteiger partial charge in [-0.3, -0.25) is 4.79 Å². The summed E-state index contributed by atoms with van der Waals surface area (Å²) in [7, 11) is 0. The van der Waals surface area contributed by atoms with E-state index in [4.69, 9.17) is 4.74 Å². The molecule has 0 aromatic heterocycles. The first-order valence-corrected chi connectivity index (χ1v) is 7.46. The SMILES string of the molecule is CCN(C(=O)C1COc2ccccc2C1)c1ccc(F)cc1. The number of rotatable bonds is 3. The first kappa shape index (κ1) is 14.6. The van der Waals surface area contributed by atoms with Crippen LogP contribution in [0.3, 0.4) is 0 Å². The summed E-state index contributed by atoms with van der Waals surface area (Å²) in [4.78, 5) is 14.5. The fourth-order valence-electron chi connectivity index (χ4n) is 2.79. The lowest BCUT2D eigenvalue weighted by Gasteiger charge is -2.29. The Bertz CT molecular complexity index is 669. The smallest absolute Gasteiger partial charge is 0.233 e. The van der Waals surface area contributed by atoms with Gasteiger partial charge in [0.05, 0.1) is 5.92 Å². The Labute approximate surface area is 129 Å². The molecular weight excluding hydrogens is 281 g/mol. The van der Waals surface area contributed by atoms with Gasteiger partial charge in [0.1, 0.15) is 18.2 Å². The van der Waals surface area contributed by atoms with E-state index < -0.39 is 0 Å². The van der Waals surface area contributed by atoms with E-state index in [1.54, 1.807) is 17.0 Å². The highest BCUT2D eigenvalue weighted by Crippen LogP contribution is 2.28. The minimum Gasteiger partial charge on any atom is -0.492 e. The molecule has 1 aliphatic heterocycles.